The number of aliphatic hydroxyl groups is 1. The molecule has 1 aliphatic heterocycles. The number of ether oxygens (including phenoxy) is 1. The van der Waals surface area contributed by atoms with Gasteiger partial charge < -0.3 is 25.8 Å². The topological polar surface area (TPSA) is 118 Å². The van der Waals surface area contributed by atoms with Crippen LogP contribution in [0.2, 0.25) is 5.02 Å². The summed E-state index contributed by atoms with van der Waals surface area (Å²) in [5, 5.41) is 16.0. The zero-order valence-electron chi connectivity index (χ0n) is 23.7. The molecule has 0 aliphatic carbocycles. The number of aromatic nitrogens is 1. The van der Waals surface area contributed by atoms with E-state index in [4.69, 9.17) is 22.1 Å². The molecule has 41 heavy (non-hydrogen) atoms. The van der Waals surface area contributed by atoms with Crippen molar-refractivity contribution < 1.29 is 19.4 Å². The molecule has 8 nitrogen and oxygen atoms in total. The molecule has 1 aromatic heterocycles. The van der Waals surface area contributed by atoms with Crippen LogP contribution in [0.15, 0.2) is 60.8 Å². The molecule has 2 amide bonds. The Balaban J connectivity index is 1.70. The van der Waals surface area contributed by atoms with E-state index < -0.39 is 11.7 Å². The van der Waals surface area contributed by atoms with Gasteiger partial charge in [-0.05, 0) is 67.0 Å². The third kappa shape index (κ3) is 7.07. The van der Waals surface area contributed by atoms with Crippen molar-refractivity contribution in [2.45, 2.75) is 51.2 Å². The second-order valence-corrected chi connectivity index (χ2v) is 10.9. The molecular weight excluding hydrogens is 540 g/mol. The first-order valence-corrected chi connectivity index (χ1v) is 14.5. The van der Waals surface area contributed by atoms with Gasteiger partial charge >= 0.3 is 6.09 Å². The number of alkyl carbamates (subject to hydrolysis) is 1. The van der Waals surface area contributed by atoms with Gasteiger partial charge in [-0.25, -0.2) is 4.79 Å². The number of piperidine rings is 1. The maximum atomic E-state index is 13.5. The Bertz CT molecular complexity index is 1350. The first-order valence-electron chi connectivity index (χ1n) is 14.2. The highest BCUT2D eigenvalue weighted by Crippen LogP contribution is 2.45. The maximum absolute atomic E-state index is 13.5. The van der Waals surface area contributed by atoms with Crippen LogP contribution in [-0.2, 0) is 23.3 Å². The third-order valence-corrected chi connectivity index (χ3v) is 8.27. The number of likely N-dealkylation sites (tertiary alicyclic amines) is 1. The maximum Gasteiger partial charge on any atom is 0.406 e. The second kappa shape index (κ2) is 13.9. The Kier molecular flexibility index (Phi) is 10.4. The van der Waals surface area contributed by atoms with Crippen LogP contribution in [-0.4, -0.2) is 53.7 Å². The third-order valence-electron chi connectivity index (χ3n) is 7.96. The van der Waals surface area contributed by atoms with E-state index in [1.54, 1.807) is 23.2 Å². The fourth-order valence-electron chi connectivity index (χ4n) is 5.71. The number of nitrogens with zero attached hydrogens (tertiary/aromatic N) is 2. The van der Waals surface area contributed by atoms with Gasteiger partial charge in [-0.15, -0.1) is 0 Å². The summed E-state index contributed by atoms with van der Waals surface area (Å²) in [6.07, 6.45) is 4.26. The minimum atomic E-state index is -1.32. The molecule has 1 saturated heterocycles. The van der Waals surface area contributed by atoms with Crippen LogP contribution >= 0.6 is 11.6 Å². The number of hydrogen-bond acceptors (Lipinski definition) is 6. The summed E-state index contributed by atoms with van der Waals surface area (Å²) in [4.78, 5) is 31.2. The van der Waals surface area contributed by atoms with Gasteiger partial charge in [0.15, 0.2) is 0 Å². The average Bonchev–Trinajstić information content (AvgIpc) is 3.02. The van der Waals surface area contributed by atoms with Gasteiger partial charge in [-0.2, -0.15) is 0 Å². The van der Waals surface area contributed by atoms with Crippen LogP contribution in [0.4, 0.5) is 4.79 Å². The number of benzene rings is 2. The van der Waals surface area contributed by atoms with E-state index in [1.807, 2.05) is 30.3 Å². The summed E-state index contributed by atoms with van der Waals surface area (Å²) >= 11 is 6.84. The number of rotatable bonds is 10. The number of aryl methyl sites for hydroxylation is 1. The number of carbonyl (C=O) groups excluding carboxylic acids is 2. The number of nitrogens with two attached hydrogens (primary N) is 1. The highest BCUT2D eigenvalue weighted by Gasteiger charge is 2.43. The lowest BCUT2D eigenvalue weighted by Gasteiger charge is -2.44. The zero-order valence-corrected chi connectivity index (χ0v) is 24.5. The molecule has 2 atom stereocenters. The standard InChI is InChI=1S/C32H39ClN4O4/c1-3-22-8-4-9-23(18-22)29-27(11-5-12-28(29)33)32(40,15-7-16-35-31(39)41-2)25-10-6-17-37(21-25)30(38)24-13-14-26(19-34)36-20-24/h4-5,8-9,11-14,18,20,25,40H,3,6-7,10,15-17,19,21,34H2,1-2H3,(H,35,39)/t25-,32?/m1/s1. The van der Waals surface area contributed by atoms with Gasteiger partial charge in [-0.1, -0.05) is 54.9 Å². The average molecular weight is 579 g/mol. The molecule has 9 heteroatoms. The fourth-order valence-corrected chi connectivity index (χ4v) is 5.99. The Morgan fingerprint density at radius 3 is 2.73 bits per heavy atom. The Morgan fingerprint density at radius 2 is 2.02 bits per heavy atom. The quantitative estimate of drug-likeness (QED) is 0.281. The summed E-state index contributed by atoms with van der Waals surface area (Å²) in [7, 11) is 1.32. The predicted molar refractivity (Wildman–Crippen MR) is 161 cm³/mol. The molecule has 1 unspecified atom stereocenters. The Hall–Kier alpha value is -3.46. The lowest BCUT2D eigenvalue weighted by molar-refractivity contribution is -0.0563. The summed E-state index contributed by atoms with van der Waals surface area (Å²) in [6, 6.07) is 17.4. The first kappa shape index (κ1) is 30.5. The van der Waals surface area contributed by atoms with Crippen molar-refractivity contribution in [3.05, 3.63) is 88.2 Å². The normalized spacial score (nSPS) is 16.6. The van der Waals surface area contributed by atoms with Gasteiger partial charge in [0.1, 0.15) is 0 Å². The molecule has 4 N–H and O–H groups in total. The van der Waals surface area contributed by atoms with Crippen molar-refractivity contribution >= 4 is 23.6 Å². The molecule has 2 aromatic carbocycles. The summed E-state index contributed by atoms with van der Waals surface area (Å²) in [5.74, 6) is -0.386. The van der Waals surface area contributed by atoms with E-state index in [2.05, 4.69) is 29.4 Å². The lowest BCUT2D eigenvalue weighted by Crippen LogP contribution is -2.48. The predicted octanol–water partition coefficient (Wildman–Crippen LogP) is 5.30. The molecule has 0 spiro atoms. The number of hydrogen-bond donors (Lipinski definition) is 3. The minimum Gasteiger partial charge on any atom is -0.453 e. The summed E-state index contributed by atoms with van der Waals surface area (Å²) in [5.41, 5.74) is 9.18. The van der Waals surface area contributed by atoms with E-state index in [1.165, 1.54) is 12.7 Å². The van der Waals surface area contributed by atoms with Crippen molar-refractivity contribution in [2.75, 3.05) is 26.7 Å². The van der Waals surface area contributed by atoms with Crippen molar-refractivity contribution in [2.24, 2.45) is 11.7 Å². The number of carbonyl (C=O) groups is 2. The number of methoxy groups -OCH3 is 1. The smallest absolute Gasteiger partial charge is 0.406 e. The summed E-state index contributed by atoms with van der Waals surface area (Å²) in [6.45, 7) is 3.71. The molecule has 218 valence electrons. The number of pyridine rings is 1. The number of amides is 2. The number of nitrogens with one attached hydrogen (secondary N) is 1. The van der Waals surface area contributed by atoms with E-state index >= 15 is 0 Å². The van der Waals surface area contributed by atoms with Crippen LogP contribution in [0.1, 0.15) is 59.8 Å². The van der Waals surface area contributed by atoms with Crippen molar-refractivity contribution in [1.82, 2.24) is 15.2 Å². The molecular formula is C32H39ClN4O4. The highest BCUT2D eigenvalue weighted by molar-refractivity contribution is 6.33. The molecule has 0 radical (unpaired) electrons. The van der Waals surface area contributed by atoms with Crippen molar-refractivity contribution in [3.8, 4) is 11.1 Å². The molecule has 4 rings (SSSR count). The molecule has 2 heterocycles. The van der Waals surface area contributed by atoms with Crippen molar-refractivity contribution in [3.63, 3.8) is 0 Å². The molecule has 1 aliphatic rings. The SMILES string of the molecule is CCc1cccc(-c2c(Cl)cccc2C(O)(CCCNC(=O)OC)[C@@H]2CCCN(C(=O)c3ccc(CN)nc3)C2)c1. The highest BCUT2D eigenvalue weighted by atomic mass is 35.5. The minimum absolute atomic E-state index is 0.123. The van der Waals surface area contributed by atoms with Gasteiger partial charge in [0.05, 0.1) is 24.0 Å². The second-order valence-electron chi connectivity index (χ2n) is 10.5. The van der Waals surface area contributed by atoms with Gasteiger partial charge in [0, 0.05) is 48.9 Å². The zero-order chi connectivity index (χ0) is 29.4. The van der Waals surface area contributed by atoms with E-state index in [0.717, 1.165) is 36.0 Å². The van der Waals surface area contributed by atoms with Crippen LogP contribution in [0.25, 0.3) is 11.1 Å². The summed E-state index contributed by atoms with van der Waals surface area (Å²) < 4.78 is 4.71. The molecule has 1 fully saturated rings. The monoisotopic (exact) mass is 578 g/mol. The van der Waals surface area contributed by atoms with E-state index in [0.29, 0.717) is 55.3 Å². The van der Waals surface area contributed by atoms with Crippen LogP contribution < -0.4 is 11.1 Å². The van der Waals surface area contributed by atoms with Crippen LogP contribution in [0, 0.1) is 5.92 Å². The van der Waals surface area contributed by atoms with Gasteiger partial charge in [-0.3, -0.25) is 9.78 Å². The van der Waals surface area contributed by atoms with Crippen LogP contribution in [0.5, 0.6) is 0 Å². The Labute approximate surface area is 246 Å². The largest absolute Gasteiger partial charge is 0.453 e. The lowest BCUT2D eigenvalue weighted by atomic mass is 9.72. The number of halogens is 1. The van der Waals surface area contributed by atoms with Gasteiger partial charge in [0.25, 0.3) is 5.91 Å². The first-order chi connectivity index (χ1) is 19.8. The molecule has 0 bridgehead atoms. The van der Waals surface area contributed by atoms with E-state index in [-0.39, 0.29) is 11.8 Å². The van der Waals surface area contributed by atoms with E-state index in [9.17, 15) is 14.7 Å². The fraction of sp³-hybridized carbons (Fsp3) is 0.406. The van der Waals surface area contributed by atoms with Crippen LogP contribution in [0.3, 0.4) is 0 Å². The van der Waals surface area contributed by atoms with Crippen molar-refractivity contribution in [1.29, 1.82) is 0 Å². The molecule has 3 aromatic rings. The Morgan fingerprint density at radius 1 is 1.22 bits per heavy atom. The molecule has 0 saturated carbocycles. The van der Waals surface area contributed by atoms with Gasteiger partial charge in [0.2, 0.25) is 0 Å².